The van der Waals surface area contributed by atoms with Crippen molar-refractivity contribution < 1.29 is 23.4 Å². The summed E-state index contributed by atoms with van der Waals surface area (Å²) < 4.78 is 26.4. The van der Waals surface area contributed by atoms with Crippen LogP contribution in [0.3, 0.4) is 0 Å². The molecule has 2 rings (SSSR count). The molecule has 0 saturated heterocycles. The van der Waals surface area contributed by atoms with Gasteiger partial charge in [-0.2, -0.15) is 0 Å². The van der Waals surface area contributed by atoms with E-state index in [0.717, 1.165) is 6.07 Å². The van der Waals surface area contributed by atoms with Crippen molar-refractivity contribution in [3.63, 3.8) is 0 Å². The van der Waals surface area contributed by atoms with Gasteiger partial charge in [-0.15, -0.1) is 0 Å². The average Bonchev–Trinajstić information content (AvgIpc) is 2.40. The Kier molecular flexibility index (Phi) is 4.06. The highest BCUT2D eigenvalue weighted by atomic mass is 35.5. The number of phenols is 1. The first-order valence-corrected chi connectivity index (χ1v) is 7.50. The summed E-state index contributed by atoms with van der Waals surface area (Å²) in [6.45, 7) is 0. The summed E-state index contributed by atoms with van der Waals surface area (Å²) in [6.07, 6.45) is 0. The Morgan fingerprint density at radius 3 is 2.43 bits per heavy atom. The fraction of sp³-hybridized carbons (Fsp3) is 0. The third kappa shape index (κ3) is 3.45. The molecule has 0 unspecified atom stereocenters. The number of benzene rings is 2. The number of halogens is 1. The molecule has 21 heavy (non-hydrogen) atoms. The van der Waals surface area contributed by atoms with Gasteiger partial charge in [0.2, 0.25) is 0 Å². The van der Waals surface area contributed by atoms with Gasteiger partial charge >= 0.3 is 5.97 Å². The third-order valence-electron chi connectivity index (χ3n) is 2.60. The molecule has 0 saturated carbocycles. The number of carboxylic acid groups (broad SMARTS) is 1. The number of aromatic hydroxyl groups is 1. The van der Waals surface area contributed by atoms with Crippen molar-refractivity contribution >= 4 is 33.3 Å². The average molecular weight is 328 g/mol. The van der Waals surface area contributed by atoms with E-state index in [1.807, 2.05) is 0 Å². The molecule has 6 nitrogen and oxygen atoms in total. The number of sulfonamides is 1. The van der Waals surface area contributed by atoms with Crippen molar-refractivity contribution in [2.75, 3.05) is 4.72 Å². The standard InChI is InChI=1S/C13H10ClNO5S/c14-9-2-1-3-10(7-9)21(19,20)15-11-5-4-8(13(17)18)6-12(11)16/h1-7,15-16H,(H,17,18). The fourth-order valence-electron chi connectivity index (χ4n) is 1.59. The molecule has 8 heteroatoms. The number of carbonyl (C=O) groups is 1. The van der Waals surface area contributed by atoms with Crippen LogP contribution in [0.25, 0.3) is 0 Å². The smallest absolute Gasteiger partial charge is 0.335 e. The van der Waals surface area contributed by atoms with Crippen LogP contribution in [0.1, 0.15) is 10.4 Å². The summed E-state index contributed by atoms with van der Waals surface area (Å²) in [4.78, 5) is 10.7. The van der Waals surface area contributed by atoms with Crippen LogP contribution in [0.4, 0.5) is 5.69 Å². The number of phenolic OH excluding ortho intramolecular Hbond substituents is 1. The number of hydrogen-bond acceptors (Lipinski definition) is 4. The van der Waals surface area contributed by atoms with Gasteiger partial charge in [0.05, 0.1) is 16.1 Å². The van der Waals surface area contributed by atoms with E-state index in [-0.39, 0.29) is 21.2 Å². The summed E-state index contributed by atoms with van der Waals surface area (Å²) in [7, 11) is -3.93. The van der Waals surface area contributed by atoms with Gasteiger partial charge in [-0.3, -0.25) is 4.72 Å². The predicted octanol–water partition coefficient (Wildman–Crippen LogP) is 2.54. The number of rotatable bonds is 4. The molecule has 2 aromatic carbocycles. The van der Waals surface area contributed by atoms with Crippen LogP contribution in [0.5, 0.6) is 5.75 Å². The van der Waals surface area contributed by atoms with Crippen LogP contribution in [0.2, 0.25) is 5.02 Å². The van der Waals surface area contributed by atoms with E-state index in [1.165, 1.54) is 36.4 Å². The number of hydrogen-bond donors (Lipinski definition) is 3. The van der Waals surface area contributed by atoms with Gasteiger partial charge in [-0.05, 0) is 36.4 Å². The maximum Gasteiger partial charge on any atom is 0.335 e. The van der Waals surface area contributed by atoms with E-state index < -0.39 is 21.7 Å². The lowest BCUT2D eigenvalue weighted by Crippen LogP contribution is -2.13. The second-order valence-corrected chi connectivity index (χ2v) is 6.22. The summed E-state index contributed by atoms with van der Waals surface area (Å²) in [5.74, 6) is -1.71. The van der Waals surface area contributed by atoms with Crippen molar-refractivity contribution in [2.24, 2.45) is 0 Å². The summed E-state index contributed by atoms with van der Waals surface area (Å²) in [5.41, 5.74) is -0.279. The zero-order valence-corrected chi connectivity index (χ0v) is 12.0. The molecule has 0 aliphatic heterocycles. The number of anilines is 1. The predicted molar refractivity (Wildman–Crippen MR) is 77.3 cm³/mol. The van der Waals surface area contributed by atoms with Gasteiger partial charge in [0.15, 0.2) is 0 Å². The minimum atomic E-state index is -3.93. The van der Waals surface area contributed by atoms with E-state index in [1.54, 1.807) is 0 Å². The lowest BCUT2D eigenvalue weighted by molar-refractivity contribution is 0.0696. The molecule has 2 aromatic rings. The Bertz CT molecular complexity index is 804. The monoisotopic (exact) mass is 327 g/mol. The van der Waals surface area contributed by atoms with E-state index >= 15 is 0 Å². The van der Waals surface area contributed by atoms with Crippen LogP contribution >= 0.6 is 11.6 Å². The lowest BCUT2D eigenvalue weighted by atomic mass is 10.2. The third-order valence-corrected chi connectivity index (χ3v) is 4.19. The Morgan fingerprint density at radius 1 is 1.14 bits per heavy atom. The normalized spacial score (nSPS) is 11.1. The minimum Gasteiger partial charge on any atom is -0.506 e. The van der Waals surface area contributed by atoms with Crippen LogP contribution < -0.4 is 4.72 Å². The second kappa shape index (κ2) is 5.63. The molecule has 0 aliphatic carbocycles. The largest absolute Gasteiger partial charge is 0.506 e. The summed E-state index contributed by atoms with van der Waals surface area (Å²) in [5, 5.41) is 18.7. The maximum absolute atomic E-state index is 12.1. The Labute approximate surface area is 125 Å². The molecule has 0 fully saturated rings. The summed E-state index contributed by atoms with van der Waals surface area (Å²) in [6, 6.07) is 8.91. The molecule has 0 amide bonds. The van der Waals surface area contributed by atoms with Crippen LogP contribution in [0, 0.1) is 0 Å². The molecule has 110 valence electrons. The first-order valence-electron chi connectivity index (χ1n) is 5.64. The number of carboxylic acids is 1. The fourth-order valence-corrected chi connectivity index (χ4v) is 2.96. The van der Waals surface area contributed by atoms with Crippen LogP contribution in [-0.4, -0.2) is 24.6 Å². The van der Waals surface area contributed by atoms with Crippen molar-refractivity contribution in [2.45, 2.75) is 4.90 Å². The van der Waals surface area contributed by atoms with E-state index in [0.29, 0.717) is 0 Å². The zero-order chi connectivity index (χ0) is 15.6. The highest BCUT2D eigenvalue weighted by molar-refractivity contribution is 7.92. The van der Waals surface area contributed by atoms with Crippen LogP contribution in [-0.2, 0) is 10.0 Å². The van der Waals surface area contributed by atoms with Crippen LogP contribution in [0.15, 0.2) is 47.4 Å². The zero-order valence-electron chi connectivity index (χ0n) is 10.4. The molecule has 0 aromatic heterocycles. The molecule has 0 radical (unpaired) electrons. The Morgan fingerprint density at radius 2 is 1.86 bits per heavy atom. The highest BCUT2D eigenvalue weighted by Crippen LogP contribution is 2.27. The maximum atomic E-state index is 12.1. The van der Waals surface area contributed by atoms with Gasteiger partial charge in [0.25, 0.3) is 10.0 Å². The molecular weight excluding hydrogens is 318 g/mol. The number of nitrogens with one attached hydrogen (secondary N) is 1. The molecule has 3 N–H and O–H groups in total. The van der Waals surface area contributed by atoms with Gasteiger partial charge < -0.3 is 10.2 Å². The SMILES string of the molecule is O=C(O)c1ccc(NS(=O)(=O)c2cccc(Cl)c2)c(O)c1. The van der Waals surface area contributed by atoms with Crippen molar-refractivity contribution in [1.29, 1.82) is 0 Å². The molecule has 0 atom stereocenters. The van der Waals surface area contributed by atoms with E-state index in [9.17, 15) is 18.3 Å². The number of aromatic carboxylic acids is 1. The Balaban J connectivity index is 2.35. The molecule has 0 bridgehead atoms. The topological polar surface area (TPSA) is 104 Å². The van der Waals surface area contributed by atoms with Gasteiger partial charge in [-0.25, -0.2) is 13.2 Å². The van der Waals surface area contributed by atoms with Gasteiger partial charge in [0.1, 0.15) is 5.75 Å². The minimum absolute atomic E-state index is 0.0725. The van der Waals surface area contributed by atoms with Gasteiger partial charge in [0, 0.05) is 5.02 Å². The van der Waals surface area contributed by atoms with Crippen molar-refractivity contribution in [3.8, 4) is 5.75 Å². The molecular formula is C13H10ClNO5S. The first kappa shape index (κ1) is 15.1. The second-order valence-electron chi connectivity index (χ2n) is 4.10. The first-order chi connectivity index (χ1) is 9.79. The summed E-state index contributed by atoms with van der Waals surface area (Å²) >= 11 is 5.73. The molecule has 0 aliphatic rings. The molecule has 0 heterocycles. The highest BCUT2D eigenvalue weighted by Gasteiger charge is 2.17. The van der Waals surface area contributed by atoms with E-state index in [2.05, 4.69) is 4.72 Å². The lowest BCUT2D eigenvalue weighted by Gasteiger charge is -2.10. The van der Waals surface area contributed by atoms with Crippen molar-refractivity contribution in [1.82, 2.24) is 0 Å². The Hall–Kier alpha value is -2.25. The van der Waals surface area contributed by atoms with E-state index in [4.69, 9.17) is 16.7 Å². The van der Waals surface area contributed by atoms with Crippen molar-refractivity contribution in [3.05, 3.63) is 53.1 Å². The molecule has 0 spiro atoms. The quantitative estimate of drug-likeness (QED) is 0.749. The van der Waals surface area contributed by atoms with Gasteiger partial charge in [-0.1, -0.05) is 17.7 Å².